The maximum absolute atomic E-state index is 12.3. The second-order valence-corrected chi connectivity index (χ2v) is 6.34. The zero-order valence-corrected chi connectivity index (χ0v) is 15.2. The maximum Gasteiger partial charge on any atom is 0.261 e. The van der Waals surface area contributed by atoms with Gasteiger partial charge in [0.05, 0.1) is 11.1 Å². The van der Waals surface area contributed by atoms with Crippen molar-refractivity contribution in [3.05, 3.63) is 106 Å². The predicted molar refractivity (Wildman–Crippen MR) is 108 cm³/mol. The second-order valence-electron chi connectivity index (χ2n) is 6.34. The van der Waals surface area contributed by atoms with Gasteiger partial charge in [-0.15, -0.1) is 0 Å². The van der Waals surface area contributed by atoms with Crippen LogP contribution in [0.15, 0.2) is 72.8 Å². The zero-order valence-electron chi connectivity index (χ0n) is 15.2. The van der Waals surface area contributed by atoms with Gasteiger partial charge in [0.1, 0.15) is 0 Å². The Hall–Kier alpha value is -4.08. The lowest BCUT2D eigenvalue weighted by Gasteiger charge is -2.02. The summed E-state index contributed by atoms with van der Waals surface area (Å²) in [5, 5.41) is 0. The van der Waals surface area contributed by atoms with Crippen LogP contribution in [0.2, 0.25) is 0 Å². The van der Waals surface area contributed by atoms with E-state index in [2.05, 4.69) is 23.7 Å². The highest BCUT2D eigenvalue weighted by molar-refractivity contribution is 6.21. The fraction of sp³-hybridized carbons (Fsp3) is 0.0400. The van der Waals surface area contributed by atoms with Gasteiger partial charge in [0.2, 0.25) is 0 Å². The number of benzene rings is 3. The minimum Gasteiger partial charge on any atom is -0.277 e. The summed E-state index contributed by atoms with van der Waals surface area (Å²) in [6.07, 6.45) is 0. The molecule has 0 saturated heterocycles. The fourth-order valence-corrected chi connectivity index (χ4v) is 2.94. The molecule has 132 valence electrons. The summed E-state index contributed by atoms with van der Waals surface area (Å²) in [6.45, 7) is 0. The van der Waals surface area contributed by atoms with Gasteiger partial charge in [-0.25, -0.2) is 0 Å². The molecular weight excluding hydrogens is 346 g/mol. The molecule has 0 atom stereocenters. The lowest BCUT2D eigenvalue weighted by molar-refractivity contribution is 0.0693. The summed E-state index contributed by atoms with van der Waals surface area (Å²) >= 11 is 0. The van der Waals surface area contributed by atoms with Crippen LogP contribution in [0.3, 0.4) is 0 Å². The third kappa shape index (κ3) is 3.30. The minimum absolute atomic E-state index is 0.315. The highest BCUT2D eigenvalue weighted by Gasteiger charge is 2.33. The van der Waals surface area contributed by atoms with Gasteiger partial charge in [-0.1, -0.05) is 60.1 Å². The molecule has 0 unspecified atom stereocenters. The monoisotopic (exact) mass is 361 g/mol. The molecule has 3 nitrogen and oxygen atoms in total. The molecule has 0 aromatic heterocycles. The van der Waals surface area contributed by atoms with E-state index in [1.165, 1.54) is 7.05 Å². The van der Waals surface area contributed by atoms with Gasteiger partial charge in [-0.3, -0.25) is 14.5 Å². The minimum atomic E-state index is -0.315. The summed E-state index contributed by atoms with van der Waals surface area (Å²) in [4.78, 5) is 25.8. The number of imide groups is 1. The van der Waals surface area contributed by atoms with Crippen LogP contribution in [-0.4, -0.2) is 23.8 Å². The number of amides is 2. The molecule has 3 heteroatoms. The highest BCUT2D eigenvalue weighted by atomic mass is 16.2. The number of carbonyl (C=O) groups excluding carboxylic acids is 2. The van der Waals surface area contributed by atoms with E-state index in [1.807, 2.05) is 60.7 Å². The average Bonchev–Trinajstić information content (AvgIpc) is 2.95. The van der Waals surface area contributed by atoms with Crippen LogP contribution in [0.5, 0.6) is 0 Å². The van der Waals surface area contributed by atoms with Gasteiger partial charge in [0.25, 0.3) is 11.8 Å². The van der Waals surface area contributed by atoms with E-state index in [4.69, 9.17) is 0 Å². The molecule has 1 aliphatic rings. The van der Waals surface area contributed by atoms with Crippen molar-refractivity contribution in [2.75, 3.05) is 7.05 Å². The molecule has 1 aliphatic heterocycles. The van der Waals surface area contributed by atoms with Crippen LogP contribution < -0.4 is 0 Å². The van der Waals surface area contributed by atoms with E-state index in [0.29, 0.717) is 22.3 Å². The summed E-state index contributed by atoms with van der Waals surface area (Å²) in [5.41, 5.74) is 3.73. The molecule has 0 N–H and O–H groups in total. The molecular formula is C25H15NO2. The average molecular weight is 361 g/mol. The molecule has 0 fully saturated rings. The molecule has 0 radical (unpaired) electrons. The molecule has 3 aromatic carbocycles. The van der Waals surface area contributed by atoms with Crippen molar-refractivity contribution >= 4 is 11.8 Å². The number of hydrogen-bond acceptors (Lipinski definition) is 2. The van der Waals surface area contributed by atoms with E-state index in [9.17, 15) is 9.59 Å². The van der Waals surface area contributed by atoms with Gasteiger partial charge in [-0.05, 0) is 36.4 Å². The first kappa shape index (κ1) is 17.3. The van der Waals surface area contributed by atoms with Crippen molar-refractivity contribution < 1.29 is 9.59 Å². The summed E-state index contributed by atoms with van der Waals surface area (Å²) in [5.74, 6) is 11.8. The summed E-state index contributed by atoms with van der Waals surface area (Å²) in [6, 6.07) is 22.5. The first-order chi connectivity index (χ1) is 13.6. The Morgan fingerprint density at radius 3 is 1.39 bits per heavy atom. The van der Waals surface area contributed by atoms with Crippen molar-refractivity contribution in [1.82, 2.24) is 4.90 Å². The lowest BCUT2D eigenvalue weighted by atomic mass is 9.99. The largest absolute Gasteiger partial charge is 0.277 e. The molecule has 0 bridgehead atoms. The number of nitrogens with zero attached hydrogens (tertiary/aromatic N) is 1. The third-order valence-electron chi connectivity index (χ3n) is 4.46. The molecule has 4 rings (SSSR count). The standard InChI is InChI=1S/C25H15NO2/c1-26-24(27)22-16-20(14-12-18-8-4-2-5-9-18)21(17-23(22)25(26)28)15-13-19-10-6-3-7-11-19/h2-11,16-17H,1H3. The topological polar surface area (TPSA) is 37.4 Å². The van der Waals surface area contributed by atoms with E-state index in [0.717, 1.165) is 16.0 Å². The molecule has 1 heterocycles. The Kier molecular flexibility index (Phi) is 4.50. The van der Waals surface area contributed by atoms with Crippen molar-refractivity contribution in [1.29, 1.82) is 0 Å². The predicted octanol–water partition coefficient (Wildman–Crippen LogP) is 3.71. The van der Waals surface area contributed by atoms with Gasteiger partial charge in [0, 0.05) is 29.3 Å². The Bertz CT molecular complexity index is 1110. The van der Waals surface area contributed by atoms with Crippen LogP contribution in [0.1, 0.15) is 43.0 Å². The summed E-state index contributed by atoms with van der Waals surface area (Å²) in [7, 11) is 1.48. The summed E-state index contributed by atoms with van der Waals surface area (Å²) < 4.78 is 0. The second kappa shape index (κ2) is 7.27. The fourth-order valence-electron chi connectivity index (χ4n) is 2.94. The molecule has 0 saturated carbocycles. The van der Waals surface area contributed by atoms with Gasteiger partial charge < -0.3 is 0 Å². The normalized spacial score (nSPS) is 12.0. The first-order valence-electron chi connectivity index (χ1n) is 8.78. The SMILES string of the molecule is CN1C(=O)c2cc(C#Cc3ccccc3)c(C#Cc3ccccc3)cc2C1=O. The highest BCUT2D eigenvalue weighted by Crippen LogP contribution is 2.25. The van der Waals surface area contributed by atoms with Crippen LogP contribution in [-0.2, 0) is 0 Å². The van der Waals surface area contributed by atoms with Crippen molar-refractivity contribution in [3.63, 3.8) is 0 Å². The van der Waals surface area contributed by atoms with Gasteiger partial charge in [-0.2, -0.15) is 0 Å². The van der Waals surface area contributed by atoms with Crippen LogP contribution >= 0.6 is 0 Å². The molecule has 0 aliphatic carbocycles. The Morgan fingerprint density at radius 2 is 1.00 bits per heavy atom. The number of hydrogen-bond donors (Lipinski definition) is 0. The van der Waals surface area contributed by atoms with Crippen LogP contribution in [0.25, 0.3) is 0 Å². The Labute approximate surface area is 163 Å². The van der Waals surface area contributed by atoms with Crippen molar-refractivity contribution in [2.24, 2.45) is 0 Å². The van der Waals surface area contributed by atoms with E-state index < -0.39 is 0 Å². The number of rotatable bonds is 0. The first-order valence-corrected chi connectivity index (χ1v) is 8.78. The smallest absolute Gasteiger partial charge is 0.261 e. The van der Waals surface area contributed by atoms with Gasteiger partial charge in [0.15, 0.2) is 0 Å². The quantitative estimate of drug-likeness (QED) is 0.452. The van der Waals surface area contributed by atoms with Gasteiger partial charge >= 0.3 is 0 Å². The van der Waals surface area contributed by atoms with E-state index in [-0.39, 0.29) is 11.8 Å². The number of carbonyl (C=O) groups is 2. The molecule has 3 aromatic rings. The van der Waals surface area contributed by atoms with Crippen molar-refractivity contribution in [3.8, 4) is 23.7 Å². The number of fused-ring (bicyclic) bond motifs is 1. The van der Waals surface area contributed by atoms with Crippen LogP contribution in [0.4, 0.5) is 0 Å². The maximum atomic E-state index is 12.3. The lowest BCUT2D eigenvalue weighted by Crippen LogP contribution is -2.24. The van der Waals surface area contributed by atoms with Crippen molar-refractivity contribution in [2.45, 2.75) is 0 Å². The Balaban J connectivity index is 1.84. The van der Waals surface area contributed by atoms with E-state index >= 15 is 0 Å². The Morgan fingerprint density at radius 1 is 0.607 bits per heavy atom. The van der Waals surface area contributed by atoms with Crippen LogP contribution in [0, 0.1) is 23.7 Å². The zero-order chi connectivity index (χ0) is 19.5. The van der Waals surface area contributed by atoms with E-state index in [1.54, 1.807) is 12.1 Å². The molecule has 28 heavy (non-hydrogen) atoms. The molecule has 2 amide bonds. The molecule has 0 spiro atoms. The third-order valence-corrected chi connectivity index (χ3v) is 4.46.